The van der Waals surface area contributed by atoms with Crippen molar-refractivity contribution in [2.24, 2.45) is 0 Å². The Balaban J connectivity index is 2.15. The molecule has 104 valence electrons. The van der Waals surface area contributed by atoms with Crippen molar-refractivity contribution in [3.05, 3.63) is 59.2 Å². The second kappa shape index (κ2) is 6.14. The summed E-state index contributed by atoms with van der Waals surface area (Å²) >= 11 is 0. The highest BCUT2D eigenvalue weighted by Crippen LogP contribution is 2.25. The molecule has 0 heterocycles. The first-order chi connectivity index (χ1) is 9.65. The van der Waals surface area contributed by atoms with Crippen LogP contribution in [0.5, 0.6) is 11.5 Å². The molecule has 0 aliphatic carbocycles. The third kappa shape index (κ3) is 2.93. The van der Waals surface area contributed by atoms with Crippen molar-refractivity contribution >= 4 is 6.29 Å². The molecule has 2 aromatic rings. The van der Waals surface area contributed by atoms with Crippen LogP contribution in [0.3, 0.4) is 0 Å². The quantitative estimate of drug-likeness (QED) is 0.787. The van der Waals surface area contributed by atoms with Crippen LogP contribution in [-0.2, 0) is 6.61 Å². The van der Waals surface area contributed by atoms with Crippen LogP contribution in [-0.4, -0.2) is 13.4 Å². The topological polar surface area (TPSA) is 35.5 Å². The van der Waals surface area contributed by atoms with Crippen LogP contribution in [0.1, 0.15) is 15.9 Å². The minimum absolute atomic E-state index is 0.0137. The lowest BCUT2D eigenvalue weighted by Crippen LogP contribution is -2.02. The van der Waals surface area contributed by atoms with Crippen LogP contribution in [0.2, 0.25) is 0 Å². The van der Waals surface area contributed by atoms with Gasteiger partial charge in [0.05, 0.1) is 12.7 Å². The molecule has 0 aliphatic rings. The van der Waals surface area contributed by atoms with Crippen molar-refractivity contribution in [2.45, 2.75) is 6.61 Å². The van der Waals surface area contributed by atoms with Gasteiger partial charge in [0, 0.05) is 0 Å². The summed E-state index contributed by atoms with van der Waals surface area (Å²) in [6.07, 6.45) is 0.314. The zero-order valence-corrected chi connectivity index (χ0v) is 10.7. The number of halogens is 2. The van der Waals surface area contributed by atoms with Gasteiger partial charge in [0.1, 0.15) is 12.4 Å². The van der Waals surface area contributed by atoms with Crippen LogP contribution in [0.25, 0.3) is 0 Å². The maximum atomic E-state index is 13.7. The van der Waals surface area contributed by atoms with E-state index in [-0.39, 0.29) is 12.2 Å². The van der Waals surface area contributed by atoms with Crippen LogP contribution in [0, 0.1) is 11.6 Å². The Morgan fingerprint density at radius 2 is 1.80 bits per heavy atom. The average Bonchev–Trinajstić information content (AvgIpc) is 2.48. The van der Waals surface area contributed by atoms with Gasteiger partial charge in [-0.05, 0) is 29.8 Å². The molecular weight excluding hydrogens is 266 g/mol. The molecule has 0 fully saturated rings. The Morgan fingerprint density at radius 3 is 2.40 bits per heavy atom. The van der Waals surface area contributed by atoms with Gasteiger partial charge in [0.25, 0.3) is 0 Å². The molecular formula is C15H12F2O3. The molecule has 0 unspecified atom stereocenters. The summed E-state index contributed by atoms with van der Waals surface area (Å²) in [6.45, 7) is -0.0137. The van der Waals surface area contributed by atoms with Crippen molar-refractivity contribution < 1.29 is 23.0 Å². The molecule has 0 bridgehead atoms. The lowest BCUT2D eigenvalue weighted by molar-refractivity contribution is 0.111. The van der Waals surface area contributed by atoms with Crippen molar-refractivity contribution in [3.63, 3.8) is 0 Å². The second-order valence-corrected chi connectivity index (χ2v) is 4.03. The zero-order chi connectivity index (χ0) is 14.5. The highest BCUT2D eigenvalue weighted by Gasteiger charge is 2.14. The van der Waals surface area contributed by atoms with Gasteiger partial charge in [-0.1, -0.05) is 12.1 Å². The molecule has 0 aliphatic heterocycles. The third-order valence-corrected chi connectivity index (χ3v) is 2.75. The number of hydrogen-bond donors (Lipinski definition) is 0. The minimum atomic E-state index is -0.992. The van der Waals surface area contributed by atoms with Crippen molar-refractivity contribution in [1.29, 1.82) is 0 Å². The Kier molecular flexibility index (Phi) is 4.30. The maximum Gasteiger partial charge on any atom is 0.191 e. The number of carbonyl (C=O) groups excluding carboxylic acids is 1. The van der Waals surface area contributed by atoms with E-state index in [0.717, 1.165) is 17.7 Å². The molecule has 2 rings (SSSR count). The molecule has 3 nitrogen and oxygen atoms in total. The fourth-order valence-electron chi connectivity index (χ4n) is 1.65. The van der Waals surface area contributed by atoms with E-state index in [9.17, 15) is 13.6 Å². The van der Waals surface area contributed by atoms with Gasteiger partial charge in [-0.3, -0.25) is 4.79 Å². The lowest BCUT2D eigenvalue weighted by Gasteiger charge is -2.09. The van der Waals surface area contributed by atoms with Crippen molar-refractivity contribution in [2.75, 3.05) is 7.11 Å². The summed E-state index contributed by atoms with van der Waals surface area (Å²) in [5.41, 5.74) is 0.484. The van der Waals surface area contributed by atoms with Crippen LogP contribution >= 0.6 is 0 Å². The summed E-state index contributed by atoms with van der Waals surface area (Å²) in [5, 5.41) is 0. The number of carbonyl (C=O) groups is 1. The van der Waals surface area contributed by atoms with E-state index in [2.05, 4.69) is 0 Å². The van der Waals surface area contributed by atoms with E-state index in [0.29, 0.717) is 12.0 Å². The number of aldehydes is 1. The molecule has 0 saturated heterocycles. The zero-order valence-electron chi connectivity index (χ0n) is 10.7. The standard InChI is InChI=1S/C15H12F2O3/c1-19-12-5-2-10(3-6-12)9-20-15-13(16)7-4-11(8-18)14(15)17/h2-8H,9H2,1H3. The predicted molar refractivity (Wildman–Crippen MR) is 69.1 cm³/mol. The molecule has 0 amide bonds. The van der Waals surface area contributed by atoms with E-state index in [1.54, 1.807) is 31.4 Å². The normalized spacial score (nSPS) is 10.2. The molecule has 0 radical (unpaired) electrons. The first-order valence-electron chi connectivity index (χ1n) is 5.84. The molecule has 5 heteroatoms. The summed E-state index contributed by atoms with van der Waals surface area (Å²) in [7, 11) is 1.54. The molecule has 0 aromatic heterocycles. The van der Waals surface area contributed by atoms with Gasteiger partial charge in [-0.25, -0.2) is 8.78 Å². The van der Waals surface area contributed by atoms with E-state index >= 15 is 0 Å². The van der Waals surface area contributed by atoms with E-state index in [1.807, 2.05) is 0 Å². The summed E-state index contributed by atoms with van der Waals surface area (Å²) in [6, 6.07) is 8.94. The third-order valence-electron chi connectivity index (χ3n) is 2.75. The van der Waals surface area contributed by atoms with Gasteiger partial charge in [0.15, 0.2) is 23.7 Å². The molecule has 2 aromatic carbocycles. The van der Waals surface area contributed by atoms with E-state index in [4.69, 9.17) is 9.47 Å². The largest absolute Gasteiger partial charge is 0.497 e. The van der Waals surface area contributed by atoms with Gasteiger partial charge in [0.2, 0.25) is 0 Å². The summed E-state index contributed by atoms with van der Waals surface area (Å²) < 4.78 is 37.3. The fourth-order valence-corrected chi connectivity index (χ4v) is 1.65. The molecule has 0 N–H and O–H groups in total. The maximum absolute atomic E-state index is 13.7. The lowest BCUT2D eigenvalue weighted by atomic mass is 10.2. The van der Waals surface area contributed by atoms with Crippen molar-refractivity contribution in [1.82, 2.24) is 0 Å². The second-order valence-electron chi connectivity index (χ2n) is 4.03. The van der Waals surface area contributed by atoms with Crippen LogP contribution < -0.4 is 9.47 Å². The van der Waals surface area contributed by atoms with Crippen molar-refractivity contribution in [3.8, 4) is 11.5 Å². The minimum Gasteiger partial charge on any atom is -0.497 e. The summed E-state index contributed by atoms with van der Waals surface area (Å²) in [5.74, 6) is -1.71. The number of methoxy groups -OCH3 is 1. The highest BCUT2D eigenvalue weighted by atomic mass is 19.1. The number of rotatable bonds is 5. The Labute approximate surface area is 114 Å². The Bertz CT molecular complexity index is 609. The monoisotopic (exact) mass is 278 g/mol. The fraction of sp³-hybridized carbons (Fsp3) is 0.133. The van der Waals surface area contributed by atoms with Crippen LogP contribution in [0.15, 0.2) is 36.4 Å². The number of ether oxygens (including phenoxy) is 2. The molecule has 0 spiro atoms. The van der Waals surface area contributed by atoms with Gasteiger partial charge >= 0.3 is 0 Å². The first kappa shape index (κ1) is 14.0. The number of hydrogen-bond acceptors (Lipinski definition) is 3. The van der Waals surface area contributed by atoms with E-state index < -0.39 is 17.4 Å². The van der Waals surface area contributed by atoms with Gasteiger partial charge < -0.3 is 9.47 Å². The average molecular weight is 278 g/mol. The predicted octanol–water partition coefficient (Wildman–Crippen LogP) is 3.36. The number of benzene rings is 2. The molecule has 20 heavy (non-hydrogen) atoms. The highest BCUT2D eigenvalue weighted by molar-refractivity contribution is 5.76. The molecule has 0 atom stereocenters. The summed E-state index contributed by atoms with van der Waals surface area (Å²) in [4.78, 5) is 10.6. The Morgan fingerprint density at radius 1 is 1.10 bits per heavy atom. The smallest absolute Gasteiger partial charge is 0.191 e. The van der Waals surface area contributed by atoms with E-state index in [1.165, 1.54) is 0 Å². The Hall–Kier alpha value is -2.43. The molecule has 0 saturated carbocycles. The van der Waals surface area contributed by atoms with Gasteiger partial charge in [-0.15, -0.1) is 0 Å². The SMILES string of the molecule is COc1ccc(COc2c(F)ccc(C=O)c2F)cc1. The van der Waals surface area contributed by atoms with Gasteiger partial charge in [-0.2, -0.15) is 0 Å². The van der Waals surface area contributed by atoms with Crippen LogP contribution in [0.4, 0.5) is 8.78 Å². The first-order valence-corrected chi connectivity index (χ1v) is 5.84.